The Hall–Kier alpha value is -2.28. The van der Waals surface area contributed by atoms with Crippen LogP contribution in [0.25, 0.3) is 6.08 Å². The van der Waals surface area contributed by atoms with Crippen molar-refractivity contribution in [2.45, 2.75) is 18.9 Å². The van der Waals surface area contributed by atoms with Crippen LogP contribution in [-0.2, 0) is 4.79 Å². The molecule has 122 valence electrons. The molecule has 1 aliphatic carbocycles. The third-order valence-corrected chi connectivity index (χ3v) is 4.12. The molecule has 0 spiro atoms. The number of nitrogens with zero attached hydrogens (tertiary/aromatic N) is 1. The van der Waals surface area contributed by atoms with Crippen LogP contribution in [0.3, 0.4) is 0 Å². The molecule has 7 heteroatoms. The lowest BCUT2D eigenvalue weighted by Crippen LogP contribution is -2.32. The summed E-state index contributed by atoms with van der Waals surface area (Å²) >= 11 is 5.25. The van der Waals surface area contributed by atoms with E-state index in [2.05, 4.69) is 5.32 Å². The number of benzene rings is 1. The number of amides is 1. The van der Waals surface area contributed by atoms with Gasteiger partial charge in [0.25, 0.3) is 5.91 Å². The normalized spacial score (nSPS) is 19.1. The Labute approximate surface area is 140 Å². The molecule has 0 radical (unpaired) electrons. The SMILES string of the molecule is COc1cc(/C=C2/NC(=S)N(C3CC3)C2=O)cc(OC)c1OC. The second-order valence-electron chi connectivity index (χ2n) is 5.35. The molecule has 3 rings (SSSR count). The first-order chi connectivity index (χ1) is 11.1. The van der Waals surface area contributed by atoms with Gasteiger partial charge in [0.05, 0.1) is 21.3 Å². The zero-order chi connectivity index (χ0) is 16.6. The maximum atomic E-state index is 12.5. The predicted octanol–water partition coefficient (Wildman–Crippen LogP) is 1.93. The number of methoxy groups -OCH3 is 3. The van der Waals surface area contributed by atoms with Gasteiger partial charge in [-0.3, -0.25) is 9.69 Å². The van der Waals surface area contributed by atoms with E-state index in [0.29, 0.717) is 28.1 Å². The minimum absolute atomic E-state index is 0.0914. The topological polar surface area (TPSA) is 60.0 Å². The van der Waals surface area contributed by atoms with Crippen LogP contribution in [0.5, 0.6) is 17.2 Å². The van der Waals surface area contributed by atoms with E-state index in [9.17, 15) is 4.79 Å². The van der Waals surface area contributed by atoms with Crippen molar-refractivity contribution in [1.29, 1.82) is 0 Å². The molecule has 0 atom stereocenters. The van der Waals surface area contributed by atoms with E-state index in [-0.39, 0.29) is 11.9 Å². The Morgan fingerprint density at radius 2 is 1.78 bits per heavy atom. The summed E-state index contributed by atoms with van der Waals surface area (Å²) in [6, 6.07) is 3.81. The number of ether oxygens (including phenoxy) is 3. The maximum absolute atomic E-state index is 12.5. The van der Waals surface area contributed by atoms with Crippen molar-refractivity contribution in [1.82, 2.24) is 10.2 Å². The molecule has 0 aromatic heterocycles. The highest BCUT2D eigenvalue weighted by molar-refractivity contribution is 7.80. The van der Waals surface area contributed by atoms with Crippen LogP contribution in [0.15, 0.2) is 17.8 Å². The summed E-state index contributed by atoms with van der Waals surface area (Å²) in [6.07, 6.45) is 3.75. The first-order valence-electron chi connectivity index (χ1n) is 7.25. The minimum atomic E-state index is -0.0914. The number of nitrogens with one attached hydrogen (secondary N) is 1. The zero-order valence-electron chi connectivity index (χ0n) is 13.2. The van der Waals surface area contributed by atoms with Crippen LogP contribution >= 0.6 is 12.2 Å². The molecule has 23 heavy (non-hydrogen) atoms. The molecule has 1 N–H and O–H groups in total. The number of rotatable bonds is 5. The van der Waals surface area contributed by atoms with Gasteiger partial charge in [-0.1, -0.05) is 0 Å². The monoisotopic (exact) mass is 334 g/mol. The molecule has 1 amide bonds. The lowest BCUT2D eigenvalue weighted by atomic mass is 10.1. The summed E-state index contributed by atoms with van der Waals surface area (Å²) in [7, 11) is 4.65. The molecular weight excluding hydrogens is 316 g/mol. The largest absolute Gasteiger partial charge is 0.493 e. The van der Waals surface area contributed by atoms with Gasteiger partial charge in [0.2, 0.25) is 5.75 Å². The highest BCUT2D eigenvalue weighted by atomic mass is 32.1. The number of hydrogen-bond acceptors (Lipinski definition) is 5. The highest BCUT2D eigenvalue weighted by Crippen LogP contribution is 2.39. The summed E-state index contributed by atoms with van der Waals surface area (Å²) in [6.45, 7) is 0. The third kappa shape index (κ3) is 2.84. The molecule has 2 aliphatic rings. The summed E-state index contributed by atoms with van der Waals surface area (Å²) in [4.78, 5) is 14.1. The number of carbonyl (C=O) groups is 1. The fourth-order valence-corrected chi connectivity index (χ4v) is 2.91. The first-order valence-corrected chi connectivity index (χ1v) is 7.66. The quantitative estimate of drug-likeness (QED) is 0.656. The second-order valence-corrected chi connectivity index (χ2v) is 5.74. The van der Waals surface area contributed by atoms with Crippen molar-refractivity contribution in [2.24, 2.45) is 0 Å². The van der Waals surface area contributed by atoms with E-state index in [4.69, 9.17) is 26.4 Å². The van der Waals surface area contributed by atoms with Gasteiger partial charge >= 0.3 is 0 Å². The standard InChI is InChI=1S/C16H18N2O4S/c1-20-12-7-9(8-13(21-2)14(12)22-3)6-11-15(19)18(10-4-5-10)16(23)17-11/h6-8,10H,4-5H2,1-3H3,(H,17,23)/b11-6+. The van der Waals surface area contributed by atoms with Crippen molar-refractivity contribution in [3.63, 3.8) is 0 Å². The second kappa shape index (κ2) is 6.08. The van der Waals surface area contributed by atoms with E-state index in [1.807, 2.05) is 0 Å². The number of thiocarbonyl (C=S) groups is 1. The Balaban J connectivity index is 1.96. The molecule has 1 aromatic carbocycles. The van der Waals surface area contributed by atoms with E-state index < -0.39 is 0 Å². The summed E-state index contributed by atoms with van der Waals surface area (Å²) in [5, 5.41) is 3.45. The van der Waals surface area contributed by atoms with Crippen molar-refractivity contribution >= 4 is 29.3 Å². The fraction of sp³-hybridized carbons (Fsp3) is 0.375. The average Bonchev–Trinajstić information content (AvgIpc) is 3.33. The molecule has 6 nitrogen and oxygen atoms in total. The Kier molecular flexibility index (Phi) is 4.12. The van der Waals surface area contributed by atoms with Gasteiger partial charge in [-0.15, -0.1) is 0 Å². The van der Waals surface area contributed by atoms with E-state index in [1.54, 1.807) is 44.4 Å². The van der Waals surface area contributed by atoms with Crippen molar-refractivity contribution in [3.05, 3.63) is 23.4 Å². The van der Waals surface area contributed by atoms with Crippen LogP contribution in [0.2, 0.25) is 0 Å². The molecule has 1 aliphatic heterocycles. The Morgan fingerprint density at radius 3 is 2.26 bits per heavy atom. The molecule has 1 aromatic rings. The van der Waals surface area contributed by atoms with Gasteiger partial charge in [-0.05, 0) is 48.8 Å². The number of hydrogen-bond donors (Lipinski definition) is 1. The predicted molar refractivity (Wildman–Crippen MR) is 89.7 cm³/mol. The Bertz CT molecular complexity index is 672. The van der Waals surface area contributed by atoms with Crippen LogP contribution in [0.1, 0.15) is 18.4 Å². The highest BCUT2D eigenvalue weighted by Gasteiger charge is 2.41. The molecule has 2 fully saturated rings. The van der Waals surface area contributed by atoms with E-state index >= 15 is 0 Å². The third-order valence-electron chi connectivity index (χ3n) is 3.82. The summed E-state index contributed by atoms with van der Waals surface area (Å²) < 4.78 is 15.9. The van der Waals surface area contributed by atoms with Gasteiger partial charge in [0.15, 0.2) is 16.6 Å². The van der Waals surface area contributed by atoms with Gasteiger partial charge in [0.1, 0.15) is 5.70 Å². The smallest absolute Gasteiger partial charge is 0.276 e. The van der Waals surface area contributed by atoms with Crippen LogP contribution in [0, 0.1) is 0 Å². The minimum Gasteiger partial charge on any atom is -0.493 e. The van der Waals surface area contributed by atoms with Crippen LogP contribution in [-0.4, -0.2) is 43.3 Å². The molecular formula is C16H18N2O4S. The summed E-state index contributed by atoms with van der Waals surface area (Å²) in [5.41, 5.74) is 1.21. The maximum Gasteiger partial charge on any atom is 0.276 e. The zero-order valence-corrected chi connectivity index (χ0v) is 14.0. The average molecular weight is 334 g/mol. The first kappa shape index (κ1) is 15.6. The fourth-order valence-electron chi connectivity index (χ4n) is 2.56. The van der Waals surface area contributed by atoms with Gasteiger partial charge in [0, 0.05) is 6.04 Å². The van der Waals surface area contributed by atoms with Gasteiger partial charge in [-0.2, -0.15) is 0 Å². The molecule has 1 saturated heterocycles. The van der Waals surface area contributed by atoms with Gasteiger partial charge in [-0.25, -0.2) is 0 Å². The van der Waals surface area contributed by atoms with Crippen LogP contribution < -0.4 is 19.5 Å². The summed E-state index contributed by atoms with van der Waals surface area (Å²) in [5.74, 6) is 1.49. The molecule has 0 unspecified atom stereocenters. The van der Waals surface area contributed by atoms with Crippen molar-refractivity contribution < 1.29 is 19.0 Å². The van der Waals surface area contributed by atoms with E-state index in [1.165, 1.54) is 0 Å². The van der Waals surface area contributed by atoms with Gasteiger partial charge < -0.3 is 19.5 Å². The lowest BCUT2D eigenvalue weighted by Gasteiger charge is -2.13. The lowest BCUT2D eigenvalue weighted by molar-refractivity contribution is -0.122. The molecule has 1 saturated carbocycles. The molecule has 0 bridgehead atoms. The number of carbonyl (C=O) groups excluding carboxylic acids is 1. The van der Waals surface area contributed by atoms with Crippen molar-refractivity contribution in [3.8, 4) is 17.2 Å². The molecule has 1 heterocycles. The van der Waals surface area contributed by atoms with E-state index in [0.717, 1.165) is 18.4 Å². The van der Waals surface area contributed by atoms with Crippen LogP contribution in [0.4, 0.5) is 0 Å². The van der Waals surface area contributed by atoms with Crippen molar-refractivity contribution in [2.75, 3.05) is 21.3 Å². The Morgan fingerprint density at radius 1 is 1.17 bits per heavy atom.